The highest BCUT2D eigenvalue weighted by atomic mass is 35.5. The zero-order valence-corrected chi connectivity index (χ0v) is 17.3. The Morgan fingerprint density at radius 2 is 2.06 bits per heavy atom. The Labute approximate surface area is 182 Å². The number of halogens is 4. The van der Waals surface area contributed by atoms with Gasteiger partial charge in [0.15, 0.2) is 5.69 Å². The van der Waals surface area contributed by atoms with Crippen molar-refractivity contribution in [1.82, 2.24) is 19.5 Å². The number of aromatic nitrogens is 4. The molecule has 32 heavy (non-hydrogen) atoms. The number of H-pyrrole nitrogens is 1. The number of benzene rings is 1. The number of nitriles is 1. The van der Waals surface area contributed by atoms with Crippen LogP contribution in [0.4, 0.5) is 19.0 Å². The molecule has 9 nitrogen and oxygen atoms in total. The lowest BCUT2D eigenvalue weighted by Gasteiger charge is -2.17. The van der Waals surface area contributed by atoms with Crippen LogP contribution in [0.5, 0.6) is 11.5 Å². The van der Waals surface area contributed by atoms with Gasteiger partial charge in [0.05, 0.1) is 29.0 Å². The average molecular weight is 467 g/mol. The standard InChI is InChI=1S/C19H14ClF3N6O3/c1-8-27-16(25)10(17(30)28-8)6-29-7-26-15(19(2,22)23)14(18(29)31)32-13-4-12(21)9(5-24)3-11(13)20/h3-4,7H,6H2,1-2H3,(H3,25,27,28,30). The molecule has 3 aromatic rings. The Hall–Kier alpha value is -3.85. The summed E-state index contributed by atoms with van der Waals surface area (Å²) in [5, 5.41) is 8.56. The largest absolute Gasteiger partial charge is 0.448 e. The zero-order chi connectivity index (χ0) is 23.8. The zero-order valence-electron chi connectivity index (χ0n) is 16.5. The van der Waals surface area contributed by atoms with Crippen LogP contribution in [-0.4, -0.2) is 19.5 Å². The van der Waals surface area contributed by atoms with Gasteiger partial charge in [-0.3, -0.25) is 14.2 Å². The number of nitrogen functional groups attached to an aromatic ring is 1. The van der Waals surface area contributed by atoms with Crippen molar-refractivity contribution in [2.75, 3.05) is 5.73 Å². The van der Waals surface area contributed by atoms with Crippen LogP contribution in [0.2, 0.25) is 5.02 Å². The van der Waals surface area contributed by atoms with Crippen molar-refractivity contribution in [2.45, 2.75) is 26.3 Å². The number of aryl methyl sites for hydroxylation is 1. The molecule has 1 aromatic carbocycles. The van der Waals surface area contributed by atoms with Gasteiger partial charge in [-0.15, -0.1) is 0 Å². The van der Waals surface area contributed by atoms with Gasteiger partial charge in [0.1, 0.15) is 29.3 Å². The van der Waals surface area contributed by atoms with E-state index in [9.17, 15) is 22.8 Å². The van der Waals surface area contributed by atoms with Crippen LogP contribution in [0.3, 0.4) is 0 Å². The number of anilines is 1. The number of nitrogens with two attached hydrogens (primary N) is 1. The third-order valence-corrected chi connectivity index (χ3v) is 4.56. The van der Waals surface area contributed by atoms with E-state index >= 15 is 0 Å². The number of hydrogen-bond acceptors (Lipinski definition) is 7. The molecule has 13 heteroatoms. The highest BCUT2D eigenvalue weighted by Crippen LogP contribution is 2.36. The van der Waals surface area contributed by atoms with Gasteiger partial charge in [-0.1, -0.05) is 11.6 Å². The molecule has 0 radical (unpaired) electrons. The van der Waals surface area contributed by atoms with Crippen LogP contribution in [0.15, 0.2) is 28.0 Å². The minimum Gasteiger partial charge on any atom is -0.448 e. The van der Waals surface area contributed by atoms with Gasteiger partial charge in [-0.05, 0) is 13.0 Å². The minimum absolute atomic E-state index is 0.107. The summed E-state index contributed by atoms with van der Waals surface area (Å²) in [5.74, 6) is -6.01. The van der Waals surface area contributed by atoms with Crippen molar-refractivity contribution in [1.29, 1.82) is 5.26 Å². The first-order valence-electron chi connectivity index (χ1n) is 8.82. The van der Waals surface area contributed by atoms with Crippen LogP contribution in [0, 0.1) is 24.1 Å². The number of ether oxygens (including phenoxy) is 1. The topological polar surface area (TPSA) is 140 Å². The fourth-order valence-corrected chi connectivity index (χ4v) is 2.95. The van der Waals surface area contributed by atoms with Gasteiger partial charge in [-0.2, -0.15) is 14.0 Å². The summed E-state index contributed by atoms with van der Waals surface area (Å²) in [6.45, 7) is 1.53. The molecule has 0 amide bonds. The van der Waals surface area contributed by atoms with E-state index in [-0.39, 0.29) is 22.2 Å². The van der Waals surface area contributed by atoms with Gasteiger partial charge < -0.3 is 15.5 Å². The molecule has 0 atom stereocenters. The highest BCUT2D eigenvalue weighted by molar-refractivity contribution is 6.32. The summed E-state index contributed by atoms with van der Waals surface area (Å²) in [4.78, 5) is 35.0. The van der Waals surface area contributed by atoms with Crippen molar-refractivity contribution < 1.29 is 17.9 Å². The van der Waals surface area contributed by atoms with Crippen molar-refractivity contribution in [2.24, 2.45) is 0 Å². The van der Waals surface area contributed by atoms with Crippen molar-refractivity contribution in [3.63, 3.8) is 0 Å². The molecule has 0 spiro atoms. The second-order valence-electron chi connectivity index (χ2n) is 6.74. The molecule has 0 bridgehead atoms. The Bertz CT molecular complexity index is 1370. The Kier molecular flexibility index (Phi) is 5.96. The van der Waals surface area contributed by atoms with Crippen LogP contribution in [-0.2, 0) is 12.5 Å². The summed E-state index contributed by atoms with van der Waals surface area (Å²) in [6, 6.07) is 3.16. The van der Waals surface area contributed by atoms with Gasteiger partial charge in [-0.25, -0.2) is 14.4 Å². The third-order valence-electron chi connectivity index (χ3n) is 4.26. The first-order valence-corrected chi connectivity index (χ1v) is 9.20. The molecule has 2 heterocycles. The lowest BCUT2D eigenvalue weighted by molar-refractivity contribution is 0.0101. The number of nitrogens with one attached hydrogen (secondary N) is 1. The normalized spacial score (nSPS) is 11.3. The average Bonchev–Trinajstić information content (AvgIpc) is 2.68. The maximum absolute atomic E-state index is 14.1. The van der Waals surface area contributed by atoms with E-state index in [0.717, 1.165) is 17.0 Å². The van der Waals surface area contributed by atoms with Crippen molar-refractivity contribution in [3.05, 3.63) is 72.7 Å². The molecule has 0 unspecified atom stereocenters. The first-order chi connectivity index (χ1) is 14.9. The fourth-order valence-electron chi connectivity index (χ4n) is 2.75. The Morgan fingerprint density at radius 1 is 1.38 bits per heavy atom. The van der Waals surface area contributed by atoms with Gasteiger partial charge in [0, 0.05) is 13.0 Å². The third kappa shape index (κ3) is 4.42. The molecule has 0 fully saturated rings. The van der Waals surface area contributed by atoms with Crippen LogP contribution in [0.25, 0.3) is 0 Å². The summed E-state index contributed by atoms with van der Waals surface area (Å²) >= 11 is 5.95. The molecular weight excluding hydrogens is 453 g/mol. The van der Waals surface area contributed by atoms with E-state index in [1.54, 1.807) is 6.07 Å². The first kappa shape index (κ1) is 22.8. The molecule has 166 valence electrons. The molecule has 2 aromatic heterocycles. The molecule has 3 N–H and O–H groups in total. The molecule has 0 aliphatic carbocycles. The molecule has 0 aliphatic heterocycles. The number of nitrogens with zero attached hydrogens (tertiary/aromatic N) is 4. The van der Waals surface area contributed by atoms with Crippen LogP contribution >= 0.6 is 11.6 Å². The maximum Gasteiger partial charge on any atom is 0.297 e. The highest BCUT2D eigenvalue weighted by Gasteiger charge is 2.34. The SMILES string of the molecule is Cc1nc(N)c(Cn2cnc(C(C)(F)F)c(Oc3cc(F)c(C#N)cc3Cl)c2=O)c(=O)[nH]1. The summed E-state index contributed by atoms with van der Waals surface area (Å²) in [6.07, 6.45) is 0.793. The Morgan fingerprint density at radius 3 is 2.66 bits per heavy atom. The number of alkyl halides is 2. The molecule has 0 aliphatic rings. The molecular formula is C19H14ClF3N6O3. The van der Waals surface area contributed by atoms with E-state index in [2.05, 4.69) is 15.0 Å². The Balaban J connectivity index is 2.15. The van der Waals surface area contributed by atoms with Gasteiger partial charge in [0.25, 0.3) is 17.0 Å². The lowest BCUT2D eigenvalue weighted by Crippen LogP contribution is -2.30. The van der Waals surface area contributed by atoms with Gasteiger partial charge in [0.2, 0.25) is 5.75 Å². The number of rotatable bonds is 5. The predicted octanol–water partition coefficient (Wildman–Crippen LogP) is 2.83. The predicted molar refractivity (Wildman–Crippen MR) is 107 cm³/mol. The van der Waals surface area contributed by atoms with E-state index in [0.29, 0.717) is 13.0 Å². The second-order valence-corrected chi connectivity index (χ2v) is 7.14. The minimum atomic E-state index is -3.62. The smallest absolute Gasteiger partial charge is 0.297 e. The van der Waals surface area contributed by atoms with Crippen molar-refractivity contribution >= 4 is 17.4 Å². The van der Waals surface area contributed by atoms with Crippen LogP contribution in [0.1, 0.15) is 29.6 Å². The second kappa shape index (κ2) is 8.35. The molecule has 3 rings (SSSR count). The summed E-state index contributed by atoms with van der Waals surface area (Å²) < 4.78 is 48.2. The molecule has 0 saturated heterocycles. The van der Waals surface area contributed by atoms with E-state index in [1.165, 1.54) is 6.92 Å². The fraction of sp³-hybridized carbons (Fsp3) is 0.211. The van der Waals surface area contributed by atoms with E-state index in [1.807, 2.05) is 0 Å². The van der Waals surface area contributed by atoms with E-state index < -0.39 is 52.2 Å². The summed E-state index contributed by atoms with van der Waals surface area (Å²) in [5.41, 5.74) is 2.44. The van der Waals surface area contributed by atoms with Gasteiger partial charge >= 0.3 is 0 Å². The quantitative estimate of drug-likeness (QED) is 0.589. The number of hydrogen-bond donors (Lipinski definition) is 2. The summed E-state index contributed by atoms with van der Waals surface area (Å²) in [7, 11) is 0. The number of aromatic amines is 1. The molecule has 0 saturated carbocycles. The van der Waals surface area contributed by atoms with Crippen LogP contribution < -0.4 is 21.6 Å². The lowest BCUT2D eigenvalue weighted by atomic mass is 10.2. The van der Waals surface area contributed by atoms with E-state index in [4.69, 9.17) is 27.3 Å². The maximum atomic E-state index is 14.1. The monoisotopic (exact) mass is 466 g/mol. The van der Waals surface area contributed by atoms with Crippen molar-refractivity contribution in [3.8, 4) is 17.6 Å².